The summed E-state index contributed by atoms with van der Waals surface area (Å²) in [6, 6.07) is 12.8. The summed E-state index contributed by atoms with van der Waals surface area (Å²) in [7, 11) is 0.950. The molecule has 8 nitrogen and oxygen atoms in total. The fourth-order valence-corrected chi connectivity index (χ4v) is 4.72. The van der Waals surface area contributed by atoms with Crippen molar-refractivity contribution in [3.05, 3.63) is 54.1 Å². The molecule has 3 rings (SSSR count). The van der Waals surface area contributed by atoms with E-state index in [0.717, 1.165) is 18.7 Å². The van der Waals surface area contributed by atoms with Crippen LogP contribution in [0.5, 0.6) is 11.5 Å². The van der Waals surface area contributed by atoms with Crippen LogP contribution in [0.15, 0.2) is 53.4 Å². The minimum absolute atomic E-state index is 0.00869. The third-order valence-electron chi connectivity index (χ3n) is 5.36. The Hall–Kier alpha value is -2.62. The molecule has 1 fully saturated rings. The molecule has 1 aliphatic rings. The standard InChI is InChI=1S/C22H29N3O5S/c1-24-11-13-25(14-12-24)22(26)19(15-17-7-5-4-6-8-17)23-31(27,28)18-9-10-20(29-2)21(16-18)30-3/h4-10,16,19,23H,11-15H2,1-3H3/t19-/m0/s1. The zero-order valence-electron chi connectivity index (χ0n) is 18.1. The second-order valence-corrected chi connectivity index (χ2v) is 9.22. The molecule has 0 aromatic heterocycles. The van der Waals surface area contributed by atoms with E-state index in [1.54, 1.807) is 4.90 Å². The number of piperazine rings is 1. The lowest BCUT2D eigenvalue weighted by molar-refractivity contribution is -0.134. The van der Waals surface area contributed by atoms with Crippen LogP contribution in [0.2, 0.25) is 0 Å². The third kappa shape index (κ3) is 5.75. The molecule has 9 heteroatoms. The van der Waals surface area contributed by atoms with Crippen molar-refractivity contribution in [3.8, 4) is 11.5 Å². The van der Waals surface area contributed by atoms with Gasteiger partial charge in [0.2, 0.25) is 15.9 Å². The van der Waals surface area contributed by atoms with Crippen molar-refractivity contribution < 1.29 is 22.7 Å². The Labute approximate surface area is 183 Å². The number of carbonyl (C=O) groups excluding carboxylic acids is 1. The smallest absolute Gasteiger partial charge is 0.241 e. The number of nitrogens with zero attached hydrogens (tertiary/aromatic N) is 2. The largest absolute Gasteiger partial charge is 0.493 e. The zero-order valence-corrected chi connectivity index (χ0v) is 18.9. The quantitative estimate of drug-likeness (QED) is 0.658. The molecule has 0 saturated carbocycles. The molecule has 2 aromatic carbocycles. The lowest BCUT2D eigenvalue weighted by Crippen LogP contribution is -2.54. The minimum atomic E-state index is -3.98. The normalized spacial score (nSPS) is 16.0. The second kappa shape index (κ2) is 10.1. The minimum Gasteiger partial charge on any atom is -0.493 e. The van der Waals surface area contributed by atoms with Gasteiger partial charge in [0.05, 0.1) is 19.1 Å². The number of amides is 1. The average Bonchev–Trinajstić information content (AvgIpc) is 2.78. The fraction of sp³-hybridized carbons (Fsp3) is 0.409. The molecule has 0 aliphatic carbocycles. The van der Waals surface area contributed by atoms with Crippen molar-refractivity contribution in [2.75, 3.05) is 47.4 Å². The van der Waals surface area contributed by atoms with Crippen LogP contribution >= 0.6 is 0 Å². The molecule has 0 spiro atoms. The van der Waals surface area contributed by atoms with Crippen LogP contribution < -0.4 is 14.2 Å². The maximum absolute atomic E-state index is 13.3. The molecular formula is C22H29N3O5S. The molecule has 1 heterocycles. The van der Waals surface area contributed by atoms with Crippen molar-refractivity contribution in [3.63, 3.8) is 0 Å². The number of hydrogen-bond donors (Lipinski definition) is 1. The van der Waals surface area contributed by atoms with Crippen LogP contribution in [-0.4, -0.2) is 77.6 Å². The van der Waals surface area contributed by atoms with Crippen molar-refractivity contribution in [1.29, 1.82) is 0 Å². The molecule has 2 aromatic rings. The van der Waals surface area contributed by atoms with E-state index in [2.05, 4.69) is 9.62 Å². The van der Waals surface area contributed by atoms with Gasteiger partial charge in [0.15, 0.2) is 11.5 Å². The Bertz CT molecular complexity index is 989. The number of carbonyl (C=O) groups is 1. The molecular weight excluding hydrogens is 418 g/mol. The first-order valence-electron chi connectivity index (χ1n) is 10.1. The summed E-state index contributed by atoms with van der Waals surface area (Å²) < 4.78 is 39.3. The number of hydrogen-bond acceptors (Lipinski definition) is 6. The van der Waals surface area contributed by atoms with Crippen molar-refractivity contribution in [2.45, 2.75) is 17.4 Å². The Balaban J connectivity index is 1.87. The molecule has 0 radical (unpaired) electrons. The summed E-state index contributed by atoms with van der Waals surface area (Å²) in [5.74, 6) is 0.507. The number of sulfonamides is 1. The predicted octanol–water partition coefficient (Wildman–Crippen LogP) is 1.37. The number of rotatable bonds is 8. The van der Waals surface area contributed by atoms with Crippen molar-refractivity contribution in [2.24, 2.45) is 0 Å². The van der Waals surface area contributed by atoms with Crippen LogP contribution in [0.3, 0.4) is 0 Å². The van der Waals surface area contributed by atoms with Crippen LogP contribution in [0, 0.1) is 0 Å². The van der Waals surface area contributed by atoms with Gasteiger partial charge in [0.1, 0.15) is 6.04 Å². The van der Waals surface area contributed by atoms with Gasteiger partial charge < -0.3 is 19.3 Å². The van der Waals surface area contributed by atoms with E-state index in [4.69, 9.17) is 9.47 Å². The van der Waals surface area contributed by atoms with Crippen molar-refractivity contribution >= 4 is 15.9 Å². The summed E-state index contributed by atoms with van der Waals surface area (Å²) in [5.41, 5.74) is 0.880. The van der Waals surface area contributed by atoms with Gasteiger partial charge in [0.25, 0.3) is 0 Å². The van der Waals surface area contributed by atoms with Gasteiger partial charge in [-0.05, 0) is 31.2 Å². The first-order chi connectivity index (χ1) is 14.8. The van der Waals surface area contributed by atoms with E-state index < -0.39 is 16.1 Å². The first-order valence-corrected chi connectivity index (χ1v) is 11.6. The van der Waals surface area contributed by atoms with Gasteiger partial charge in [-0.15, -0.1) is 0 Å². The number of benzene rings is 2. The summed E-state index contributed by atoms with van der Waals surface area (Å²) >= 11 is 0. The number of likely N-dealkylation sites (N-methyl/N-ethyl adjacent to an activating group) is 1. The van der Waals surface area contributed by atoms with Crippen LogP contribution in [0.1, 0.15) is 5.56 Å². The third-order valence-corrected chi connectivity index (χ3v) is 6.83. The van der Waals surface area contributed by atoms with Crippen LogP contribution in [-0.2, 0) is 21.2 Å². The fourth-order valence-electron chi connectivity index (χ4n) is 3.52. The van der Waals surface area contributed by atoms with Crippen LogP contribution in [0.25, 0.3) is 0 Å². The highest BCUT2D eigenvalue weighted by Gasteiger charge is 2.31. The van der Waals surface area contributed by atoms with E-state index in [0.29, 0.717) is 24.6 Å². The molecule has 1 aliphatic heterocycles. The Morgan fingerprint density at radius 2 is 1.65 bits per heavy atom. The van der Waals surface area contributed by atoms with E-state index in [1.165, 1.54) is 32.4 Å². The Morgan fingerprint density at radius 1 is 1.00 bits per heavy atom. The number of methoxy groups -OCH3 is 2. The molecule has 0 unspecified atom stereocenters. The lowest BCUT2D eigenvalue weighted by atomic mass is 10.1. The van der Waals surface area contributed by atoms with Crippen molar-refractivity contribution in [1.82, 2.24) is 14.5 Å². The van der Waals surface area contributed by atoms with Gasteiger partial charge in [-0.3, -0.25) is 4.79 Å². The zero-order chi connectivity index (χ0) is 22.4. The Kier molecular flexibility index (Phi) is 7.53. The average molecular weight is 448 g/mol. The van der Waals surface area contributed by atoms with Gasteiger partial charge >= 0.3 is 0 Å². The molecule has 0 bridgehead atoms. The molecule has 1 amide bonds. The molecule has 1 N–H and O–H groups in total. The lowest BCUT2D eigenvalue weighted by Gasteiger charge is -2.34. The van der Waals surface area contributed by atoms with Gasteiger partial charge in [0, 0.05) is 32.2 Å². The highest BCUT2D eigenvalue weighted by atomic mass is 32.2. The van der Waals surface area contributed by atoms with E-state index in [-0.39, 0.29) is 17.2 Å². The highest BCUT2D eigenvalue weighted by Crippen LogP contribution is 2.29. The molecule has 168 valence electrons. The van der Waals surface area contributed by atoms with E-state index in [1.807, 2.05) is 37.4 Å². The highest BCUT2D eigenvalue weighted by molar-refractivity contribution is 7.89. The van der Waals surface area contributed by atoms with Gasteiger partial charge in [-0.2, -0.15) is 4.72 Å². The number of nitrogens with one attached hydrogen (secondary N) is 1. The SMILES string of the molecule is COc1ccc(S(=O)(=O)N[C@@H](Cc2ccccc2)C(=O)N2CCN(C)CC2)cc1OC. The summed E-state index contributed by atoms with van der Waals surface area (Å²) in [4.78, 5) is 17.2. The van der Waals surface area contributed by atoms with Gasteiger partial charge in [-0.1, -0.05) is 30.3 Å². The van der Waals surface area contributed by atoms with Crippen LogP contribution in [0.4, 0.5) is 0 Å². The predicted molar refractivity (Wildman–Crippen MR) is 118 cm³/mol. The summed E-state index contributed by atoms with van der Waals surface area (Å²) in [6.45, 7) is 2.65. The molecule has 1 atom stereocenters. The Morgan fingerprint density at radius 3 is 2.26 bits per heavy atom. The topological polar surface area (TPSA) is 88.2 Å². The maximum atomic E-state index is 13.3. The van der Waals surface area contributed by atoms with E-state index >= 15 is 0 Å². The molecule has 1 saturated heterocycles. The number of ether oxygens (including phenoxy) is 2. The summed E-state index contributed by atoms with van der Waals surface area (Å²) in [6.07, 6.45) is 0.262. The summed E-state index contributed by atoms with van der Waals surface area (Å²) in [5, 5.41) is 0. The monoisotopic (exact) mass is 447 g/mol. The van der Waals surface area contributed by atoms with E-state index in [9.17, 15) is 13.2 Å². The van der Waals surface area contributed by atoms with Gasteiger partial charge in [-0.25, -0.2) is 8.42 Å². The molecule has 31 heavy (non-hydrogen) atoms. The first kappa shape index (κ1) is 23.1. The maximum Gasteiger partial charge on any atom is 0.241 e. The second-order valence-electron chi connectivity index (χ2n) is 7.51.